The van der Waals surface area contributed by atoms with Crippen LogP contribution < -0.4 is 5.32 Å². The minimum Gasteiger partial charge on any atom is -0.378 e. The minimum absolute atomic E-state index is 0.0598. The lowest BCUT2D eigenvalue weighted by Gasteiger charge is -2.16. The molecule has 0 bridgehead atoms. The summed E-state index contributed by atoms with van der Waals surface area (Å²) < 4.78 is 15.5. The van der Waals surface area contributed by atoms with E-state index < -0.39 is 0 Å². The molecule has 0 aliphatic heterocycles. The summed E-state index contributed by atoms with van der Waals surface area (Å²) in [6, 6.07) is 8.86. The maximum atomic E-state index is 14.1. The monoisotopic (exact) mass is 283 g/mol. The molecule has 0 spiro atoms. The fourth-order valence-corrected chi connectivity index (χ4v) is 2.10. The summed E-state index contributed by atoms with van der Waals surface area (Å²) in [5.74, 6) is -0.354. The number of nitrogens with one attached hydrogen (secondary N) is 1. The fraction of sp³-hybridized carbons (Fsp3) is 0.133. The second-order valence-corrected chi connectivity index (χ2v) is 4.65. The lowest BCUT2D eigenvalue weighted by Crippen LogP contribution is -2.07. The topological polar surface area (TPSA) is 55.6 Å². The van der Waals surface area contributed by atoms with E-state index in [1.165, 1.54) is 23.4 Å². The number of aromatic nitrogens is 4. The molecule has 0 aliphatic rings. The van der Waals surface area contributed by atoms with Crippen LogP contribution in [0.4, 0.5) is 10.1 Å². The van der Waals surface area contributed by atoms with Crippen molar-refractivity contribution < 1.29 is 4.39 Å². The summed E-state index contributed by atoms with van der Waals surface area (Å²) in [6.07, 6.45) is 6.31. The van der Waals surface area contributed by atoms with Crippen LogP contribution in [0, 0.1) is 5.82 Å². The molecular weight excluding hydrogens is 269 g/mol. The van der Waals surface area contributed by atoms with E-state index in [1.54, 1.807) is 18.5 Å². The van der Waals surface area contributed by atoms with Crippen LogP contribution in [0.25, 0.3) is 5.69 Å². The molecule has 3 rings (SSSR count). The lowest BCUT2D eigenvalue weighted by atomic mass is 10.1. The van der Waals surface area contributed by atoms with Crippen molar-refractivity contribution in [1.82, 2.24) is 19.7 Å². The van der Waals surface area contributed by atoms with Gasteiger partial charge in [0.2, 0.25) is 0 Å². The number of benzene rings is 1. The van der Waals surface area contributed by atoms with Crippen LogP contribution in [0.3, 0.4) is 0 Å². The second-order valence-electron chi connectivity index (χ2n) is 4.65. The summed E-state index contributed by atoms with van der Waals surface area (Å²) >= 11 is 0. The molecule has 21 heavy (non-hydrogen) atoms. The number of halogens is 1. The maximum absolute atomic E-state index is 14.1. The smallest absolute Gasteiger partial charge is 0.150 e. The Labute approximate surface area is 121 Å². The van der Waals surface area contributed by atoms with Gasteiger partial charge in [-0.1, -0.05) is 0 Å². The Hall–Kier alpha value is -2.76. The average Bonchev–Trinajstić information content (AvgIpc) is 3.02. The SMILES string of the molecule is CC(Nc1ccc(-n2cncn2)c(F)c1)c1ccncc1. The zero-order valence-corrected chi connectivity index (χ0v) is 11.4. The highest BCUT2D eigenvalue weighted by Gasteiger charge is 2.09. The van der Waals surface area contributed by atoms with Gasteiger partial charge in [0.15, 0.2) is 5.82 Å². The van der Waals surface area contributed by atoms with Crippen LogP contribution in [0.1, 0.15) is 18.5 Å². The molecular formula is C15H14FN5. The quantitative estimate of drug-likeness (QED) is 0.799. The normalized spacial score (nSPS) is 12.1. The number of nitrogens with zero attached hydrogens (tertiary/aromatic N) is 4. The van der Waals surface area contributed by atoms with Crippen molar-refractivity contribution in [1.29, 1.82) is 0 Å². The molecule has 0 fully saturated rings. The van der Waals surface area contributed by atoms with Crippen LogP contribution in [-0.2, 0) is 0 Å². The zero-order valence-electron chi connectivity index (χ0n) is 11.4. The van der Waals surface area contributed by atoms with E-state index in [4.69, 9.17) is 0 Å². The highest BCUT2D eigenvalue weighted by Crippen LogP contribution is 2.22. The second kappa shape index (κ2) is 5.70. The Balaban J connectivity index is 1.80. The molecule has 6 heteroatoms. The van der Waals surface area contributed by atoms with Gasteiger partial charge in [0.05, 0.1) is 0 Å². The van der Waals surface area contributed by atoms with Gasteiger partial charge < -0.3 is 5.32 Å². The third-order valence-corrected chi connectivity index (χ3v) is 3.20. The Morgan fingerprint density at radius 3 is 2.62 bits per heavy atom. The van der Waals surface area contributed by atoms with Gasteiger partial charge in [0, 0.05) is 24.1 Å². The molecule has 0 aliphatic carbocycles. The van der Waals surface area contributed by atoms with Gasteiger partial charge in [0.25, 0.3) is 0 Å². The molecule has 3 aromatic rings. The predicted molar refractivity (Wildman–Crippen MR) is 77.6 cm³/mol. The van der Waals surface area contributed by atoms with Gasteiger partial charge in [-0.3, -0.25) is 4.98 Å². The summed E-state index contributed by atoms with van der Waals surface area (Å²) in [6.45, 7) is 2.01. The Kier molecular flexibility index (Phi) is 3.59. The van der Waals surface area contributed by atoms with Crippen molar-refractivity contribution in [2.24, 2.45) is 0 Å². The first kappa shape index (κ1) is 13.2. The summed E-state index contributed by atoms with van der Waals surface area (Å²) in [5.41, 5.74) is 2.17. The Bertz CT molecular complexity index is 712. The van der Waals surface area contributed by atoms with Gasteiger partial charge in [-0.2, -0.15) is 5.10 Å². The lowest BCUT2D eigenvalue weighted by molar-refractivity contribution is 0.610. The molecule has 0 saturated heterocycles. The van der Waals surface area contributed by atoms with Gasteiger partial charge in [-0.15, -0.1) is 0 Å². The van der Waals surface area contributed by atoms with Crippen molar-refractivity contribution in [3.8, 4) is 5.69 Å². The summed E-state index contributed by atoms with van der Waals surface area (Å²) in [7, 11) is 0. The fourth-order valence-electron chi connectivity index (χ4n) is 2.10. The van der Waals surface area contributed by atoms with E-state index in [1.807, 2.05) is 25.1 Å². The van der Waals surface area contributed by atoms with Crippen molar-refractivity contribution in [2.45, 2.75) is 13.0 Å². The molecule has 1 aromatic carbocycles. The largest absolute Gasteiger partial charge is 0.378 e. The van der Waals surface area contributed by atoms with Crippen molar-refractivity contribution in [3.63, 3.8) is 0 Å². The van der Waals surface area contributed by atoms with Gasteiger partial charge in [0.1, 0.15) is 18.3 Å². The summed E-state index contributed by atoms with van der Waals surface area (Å²) in [5, 5.41) is 7.18. The number of rotatable bonds is 4. The van der Waals surface area contributed by atoms with Crippen LogP contribution in [0.5, 0.6) is 0 Å². The molecule has 106 valence electrons. The van der Waals surface area contributed by atoms with E-state index in [2.05, 4.69) is 20.4 Å². The van der Waals surface area contributed by atoms with E-state index in [0.717, 1.165) is 5.56 Å². The minimum atomic E-state index is -0.354. The van der Waals surface area contributed by atoms with Gasteiger partial charge >= 0.3 is 0 Å². The highest BCUT2D eigenvalue weighted by molar-refractivity contribution is 5.50. The maximum Gasteiger partial charge on any atom is 0.150 e. The standard InChI is InChI=1S/C15H14FN5/c1-11(12-4-6-17-7-5-12)20-13-2-3-15(14(16)8-13)21-10-18-9-19-21/h2-11,20H,1H3. The van der Waals surface area contributed by atoms with Crippen LogP contribution in [0.2, 0.25) is 0 Å². The van der Waals surface area contributed by atoms with Crippen molar-refractivity contribution >= 4 is 5.69 Å². The molecule has 5 nitrogen and oxygen atoms in total. The van der Waals surface area contributed by atoms with E-state index in [9.17, 15) is 4.39 Å². The number of anilines is 1. The molecule has 2 heterocycles. The van der Waals surface area contributed by atoms with Gasteiger partial charge in [-0.05, 0) is 42.8 Å². The summed E-state index contributed by atoms with van der Waals surface area (Å²) in [4.78, 5) is 7.80. The first-order valence-electron chi connectivity index (χ1n) is 6.55. The van der Waals surface area contributed by atoms with Crippen LogP contribution in [-0.4, -0.2) is 19.7 Å². The predicted octanol–water partition coefficient (Wildman–Crippen LogP) is 2.97. The molecule has 1 N–H and O–H groups in total. The third-order valence-electron chi connectivity index (χ3n) is 3.20. The molecule has 1 unspecified atom stereocenters. The van der Waals surface area contributed by atoms with Crippen LogP contribution in [0.15, 0.2) is 55.4 Å². The highest BCUT2D eigenvalue weighted by atomic mass is 19.1. The van der Waals surface area contributed by atoms with E-state index in [0.29, 0.717) is 11.4 Å². The molecule has 0 saturated carbocycles. The molecule has 2 aromatic heterocycles. The first-order chi connectivity index (χ1) is 10.2. The zero-order chi connectivity index (χ0) is 14.7. The average molecular weight is 283 g/mol. The molecule has 0 amide bonds. The van der Waals surface area contributed by atoms with Crippen molar-refractivity contribution in [3.05, 3.63) is 66.8 Å². The number of hydrogen-bond acceptors (Lipinski definition) is 4. The molecule has 0 radical (unpaired) electrons. The van der Waals surface area contributed by atoms with E-state index in [-0.39, 0.29) is 11.9 Å². The van der Waals surface area contributed by atoms with Gasteiger partial charge in [-0.25, -0.2) is 14.1 Å². The van der Waals surface area contributed by atoms with Crippen molar-refractivity contribution in [2.75, 3.05) is 5.32 Å². The first-order valence-corrected chi connectivity index (χ1v) is 6.55. The molecule has 1 atom stereocenters. The Morgan fingerprint density at radius 2 is 1.95 bits per heavy atom. The van der Waals surface area contributed by atoms with Crippen LogP contribution >= 0.6 is 0 Å². The third kappa shape index (κ3) is 2.89. The number of hydrogen-bond donors (Lipinski definition) is 1. The number of pyridine rings is 1. The Morgan fingerprint density at radius 1 is 1.14 bits per heavy atom. The van der Waals surface area contributed by atoms with E-state index >= 15 is 0 Å².